The van der Waals surface area contributed by atoms with E-state index >= 15 is 0 Å². The van der Waals surface area contributed by atoms with Crippen molar-refractivity contribution in [3.05, 3.63) is 11.8 Å². The number of hydroxylamine groups is 1. The molecule has 2 heterocycles. The van der Waals surface area contributed by atoms with Crippen molar-refractivity contribution >= 4 is 11.9 Å². The van der Waals surface area contributed by atoms with Gasteiger partial charge in [0.15, 0.2) is 11.9 Å². The molecule has 1 aromatic rings. The monoisotopic (exact) mass is 362 g/mol. The van der Waals surface area contributed by atoms with Gasteiger partial charge in [0.1, 0.15) is 0 Å². The molecule has 4 aliphatic carbocycles. The van der Waals surface area contributed by atoms with Gasteiger partial charge < -0.3 is 14.0 Å². The molecule has 1 atom stereocenters. The van der Waals surface area contributed by atoms with Crippen molar-refractivity contribution in [2.45, 2.75) is 57.6 Å². The number of nitrogens with zero attached hydrogens (tertiary/aromatic N) is 2. The van der Waals surface area contributed by atoms with Gasteiger partial charge in [-0.2, -0.15) is 5.06 Å². The maximum Gasteiger partial charge on any atom is 0.360 e. The highest BCUT2D eigenvalue weighted by Crippen LogP contribution is 2.60. The Kier molecular flexibility index (Phi) is 3.97. The van der Waals surface area contributed by atoms with Crippen molar-refractivity contribution in [2.24, 2.45) is 23.2 Å². The highest BCUT2D eigenvalue weighted by Gasteiger charge is 2.51. The minimum absolute atomic E-state index is 0.0989. The van der Waals surface area contributed by atoms with Crippen LogP contribution in [0.1, 0.15) is 61.9 Å². The third kappa shape index (κ3) is 2.91. The van der Waals surface area contributed by atoms with Crippen LogP contribution in [0.25, 0.3) is 0 Å². The Morgan fingerprint density at radius 3 is 2.58 bits per heavy atom. The van der Waals surface area contributed by atoms with E-state index in [0.717, 1.165) is 29.2 Å². The van der Waals surface area contributed by atoms with Crippen LogP contribution < -0.4 is 5.06 Å². The first kappa shape index (κ1) is 16.6. The smallest absolute Gasteiger partial charge is 0.360 e. The fourth-order valence-corrected chi connectivity index (χ4v) is 6.12. The lowest BCUT2D eigenvalue weighted by molar-refractivity contribution is -0.0849. The van der Waals surface area contributed by atoms with E-state index in [9.17, 15) is 10.0 Å². The molecule has 1 unspecified atom stereocenters. The van der Waals surface area contributed by atoms with Crippen molar-refractivity contribution in [3.8, 4) is 0 Å². The molecular weight excluding hydrogens is 336 g/mol. The molecule has 1 aliphatic heterocycles. The summed E-state index contributed by atoms with van der Waals surface area (Å²) in [5.41, 5.74) is 0.277. The van der Waals surface area contributed by atoms with Crippen LogP contribution in [0.3, 0.4) is 0 Å². The summed E-state index contributed by atoms with van der Waals surface area (Å²) in [5, 5.41) is 14.8. The summed E-state index contributed by atoms with van der Waals surface area (Å²) in [4.78, 5) is 12.4. The fraction of sp³-hybridized carbons (Fsp3) is 0.789. The van der Waals surface area contributed by atoms with Gasteiger partial charge in [-0.15, -0.1) is 0 Å². The molecule has 5 fully saturated rings. The quantitative estimate of drug-likeness (QED) is 0.635. The van der Waals surface area contributed by atoms with E-state index in [1.54, 1.807) is 0 Å². The Balaban J connectivity index is 1.21. The summed E-state index contributed by atoms with van der Waals surface area (Å²) in [5.74, 6) is 2.11. The van der Waals surface area contributed by atoms with E-state index in [-0.39, 0.29) is 17.0 Å². The van der Waals surface area contributed by atoms with Gasteiger partial charge in [-0.25, -0.2) is 4.79 Å². The Hall–Kier alpha value is -1.60. The minimum Gasteiger partial charge on any atom is -0.460 e. The summed E-state index contributed by atoms with van der Waals surface area (Å²) in [7, 11) is 0. The standard InChI is InChI=1S/C19H26N2O5/c22-18(15-7-17(26-20-15)21(23)16-2-1-3-24-16)25-11-19-8-12-4-13(9-19)6-14(5-12)10-19/h7,12-14,16,23H,1-6,8-11H2. The van der Waals surface area contributed by atoms with Gasteiger partial charge in [0.05, 0.1) is 6.61 Å². The van der Waals surface area contributed by atoms with Crippen molar-refractivity contribution in [1.82, 2.24) is 5.16 Å². The van der Waals surface area contributed by atoms with Crippen LogP contribution in [0.15, 0.2) is 10.6 Å². The largest absolute Gasteiger partial charge is 0.460 e. The van der Waals surface area contributed by atoms with Crippen molar-refractivity contribution in [2.75, 3.05) is 18.3 Å². The van der Waals surface area contributed by atoms with E-state index in [2.05, 4.69) is 5.16 Å². The van der Waals surface area contributed by atoms with Gasteiger partial charge in [-0.05, 0) is 69.1 Å². The van der Waals surface area contributed by atoms with Crippen molar-refractivity contribution < 1.29 is 24.0 Å². The number of hydrogen-bond donors (Lipinski definition) is 1. The Labute approximate surface area is 152 Å². The molecule has 7 nitrogen and oxygen atoms in total. The highest BCUT2D eigenvalue weighted by atomic mass is 16.6. The van der Waals surface area contributed by atoms with E-state index < -0.39 is 12.2 Å². The number of carbonyl (C=O) groups is 1. The predicted molar refractivity (Wildman–Crippen MR) is 90.6 cm³/mol. The summed E-state index contributed by atoms with van der Waals surface area (Å²) in [6.45, 7) is 1.09. The first-order valence-electron chi connectivity index (χ1n) is 9.84. The average Bonchev–Trinajstić information content (AvgIpc) is 3.30. The first-order valence-corrected chi connectivity index (χ1v) is 9.84. The van der Waals surface area contributed by atoms with Crippen LogP contribution >= 0.6 is 0 Å². The molecule has 26 heavy (non-hydrogen) atoms. The number of hydrogen-bond acceptors (Lipinski definition) is 7. The molecule has 6 rings (SSSR count). The topological polar surface area (TPSA) is 85.0 Å². The second-order valence-corrected chi connectivity index (χ2v) is 8.86. The fourth-order valence-electron chi connectivity index (χ4n) is 6.12. The zero-order valence-electron chi connectivity index (χ0n) is 14.9. The lowest BCUT2D eigenvalue weighted by Gasteiger charge is -2.56. The average molecular weight is 362 g/mol. The number of carbonyl (C=O) groups excluding carboxylic acids is 1. The van der Waals surface area contributed by atoms with Gasteiger partial charge in [0.2, 0.25) is 0 Å². The molecule has 1 aromatic heterocycles. The summed E-state index contributed by atoms with van der Waals surface area (Å²) in [6, 6.07) is 1.42. The number of aromatic nitrogens is 1. The van der Waals surface area contributed by atoms with Gasteiger partial charge in [0, 0.05) is 18.1 Å². The predicted octanol–water partition coefficient (Wildman–Crippen LogP) is 3.38. The van der Waals surface area contributed by atoms with Crippen LogP contribution in [-0.2, 0) is 9.47 Å². The van der Waals surface area contributed by atoms with Crippen LogP contribution in [0, 0.1) is 23.2 Å². The van der Waals surface area contributed by atoms with Crippen molar-refractivity contribution in [1.29, 1.82) is 0 Å². The van der Waals surface area contributed by atoms with Gasteiger partial charge in [-0.1, -0.05) is 5.16 Å². The van der Waals surface area contributed by atoms with Crippen LogP contribution in [0.4, 0.5) is 5.88 Å². The van der Waals surface area contributed by atoms with E-state index in [0.29, 0.717) is 19.6 Å². The molecule has 0 radical (unpaired) electrons. The molecule has 0 amide bonds. The molecule has 1 N–H and O–H groups in total. The Morgan fingerprint density at radius 1 is 1.27 bits per heavy atom. The van der Waals surface area contributed by atoms with Gasteiger partial charge in [0.25, 0.3) is 5.88 Å². The third-order valence-corrected chi connectivity index (χ3v) is 6.79. The Morgan fingerprint density at radius 2 is 1.96 bits per heavy atom. The zero-order chi connectivity index (χ0) is 17.7. The number of rotatable bonds is 5. The van der Waals surface area contributed by atoms with Crippen LogP contribution in [0.2, 0.25) is 0 Å². The number of ether oxygens (including phenoxy) is 2. The summed E-state index contributed by atoms with van der Waals surface area (Å²) < 4.78 is 16.1. The van der Waals surface area contributed by atoms with Crippen LogP contribution in [0.5, 0.6) is 0 Å². The van der Waals surface area contributed by atoms with Gasteiger partial charge in [-0.3, -0.25) is 5.21 Å². The van der Waals surface area contributed by atoms with Gasteiger partial charge >= 0.3 is 5.97 Å². The Bertz CT molecular complexity index is 646. The second kappa shape index (κ2) is 6.23. The number of esters is 1. The molecule has 7 heteroatoms. The maximum absolute atomic E-state index is 12.4. The maximum atomic E-state index is 12.4. The molecule has 142 valence electrons. The van der Waals surface area contributed by atoms with Crippen LogP contribution in [-0.4, -0.2) is 35.8 Å². The van der Waals surface area contributed by atoms with E-state index in [4.69, 9.17) is 14.0 Å². The molecule has 4 saturated carbocycles. The van der Waals surface area contributed by atoms with Crippen molar-refractivity contribution in [3.63, 3.8) is 0 Å². The molecule has 4 bridgehead atoms. The lowest BCUT2D eigenvalue weighted by Crippen LogP contribution is -2.48. The molecule has 1 saturated heterocycles. The molecule has 5 aliphatic rings. The zero-order valence-corrected chi connectivity index (χ0v) is 14.9. The minimum atomic E-state index is -0.475. The second-order valence-electron chi connectivity index (χ2n) is 8.86. The highest BCUT2D eigenvalue weighted by molar-refractivity contribution is 5.87. The summed E-state index contributed by atoms with van der Waals surface area (Å²) in [6.07, 6.45) is 8.84. The SMILES string of the molecule is O=C(OCC12CC3CC(CC(C3)C1)C2)c1cc(N(O)C2CCCO2)on1. The molecular formula is C19H26N2O5. The van der Waals surface area contributed by atoms with E-state index in [1.165, 1.54) is 44.6 Å². The molecule has 0 aromatic carbocycles. The first-order chi connectivity index (χ1) is 12.6. The molecule has 0 spiro atoms. The van der Waals surface area contributed by atoms with E-state index in [1.807, 2.05) is 0 Å². The lowest BCUT2D eigenvalue weighted by atomic mass is 9.50. The normalized spacial score (nSPS) is 37.9. The third-order valence-electron chi connectivity index (χ3n) is 6.79. The summed E-state index contributed by atoms with van der Waals surface area (Å²) >= 11 is 0. The number of anilines is 1.